The Kier molecular flexibility index (Phi) is 14.8. The highest BCUT2D eigenvalue weighted by atomic mass is 32.2. The van der Waals surface area contributed by atoms with Gasteiger partial charge in [0.15, 0.2) is 0 Å². The molecule has 0 aliphatic rings. The normalized spacial score (nSPS) is 13.7. The Balaban J connectivity index is 4.63. The van der Waals surface area contributed by atoms with Crippen molar-refractivity contribution in [1.82, 2.24) is 0 Å². The molecule has 0 aromatic heterocycles. The van der Waals surface area contributed by atoms with E-state index in [1.165, 1.54) is 12.8 Å². The van der Waals surface area contributed by atoms with Crippen LogP contribution >= 0.6 is 0 Å². The molecule has 0 amide bonds. The zero-order chi connectivity index (χ0) is 24.0. The molecule has 0 aliphatic heterocycles. The average molecular weight is 491 g/mol. The fourth-order valence-corrected chi connectivity index (χ4v) is 5.47. The summed E-state index contributed by atoms with van der Waals surface area (Å²) >= 11 is 0. The second kappa shape index (κ2) is 14.9. The highest BCUT2D eigenvalue weighted by Crippen LogP contribution is 2.14. The number of hydrogen-bond acceptors (Lipinski definition) is 7. The smallest absolute Gasteiger partial charge is 0.391 e. The van der Waals surface area contributed by atoms with E-state index in [2.05, 4.69) is 21.0 Å². The molecule has 0 spiro atoms. The van der Waals surface area contributed by atoms with Crippen molar-refractivity contribution in [3.05, 3.63) is 0 Å². The van der Waals surface area contributed by atoms with Gasteiger partial charge < -0.3 is 33.2 Å². The summed E-state index contributed by atoms with van der Waals surface area (Å²) < 4.78 is 37.3. The predicted octanol–water partition coefficient (Wildman–Crippen LogP) is -0.337. The van der Waals surface area contributed by atoms with Crippen LogP contribution in [0.5, 0.6) is 0 Å². The average Bonchev–Trinajstić information content (AvgIpc) is 2.60. The molecule has 188 valence electrons. The van der Waals surface area contributed by atoms with Crippen molar-refractivity contribution in [1.29, 1.82) is 0 Å². The van der Waals surface area contributed by atoms with Gasteiger partial charge in [0.1, 0.15) is 19.6 Å². The van der Waals surface area contributed by atoms with Gasteiger partial charge in [0.25, 0.3) is 10.1 Å². The molecular formula is C19H46N2O8SSi+2. The molecule has 10 nitrogen and oxygen atoms in total. The van der Waals surface area contributed by atoms with Crippen molar-refractivity contribution < 1.29 is 46.2 Å². The van der Waals surface area contributed by atoms with Crippen LogP contribution in [0.3, 0.4) is 0 Å². The molecule has 0 atom stereocenters. The molecule has 0 aromatic carbocycles. The van der Waals surface area contributed by atoms with Crippen LogP contribution in [0.1, 0.15) is 39.0 Å². The molecule has 0 saturated carbocycles. The van der Waals surface area contributed by atoms with Gasteiger partial charge in [-0.15, -0.1) is 0 Å². The Bertz CT molecular complexity index is 569. The Morgan fingerprint density at radius 2 is 1.42 bits per heavy atom. The summed E-state index contributed by atoms with van der Waals surface area (Å²) in [5.41, 5.74) is 0. The lowest BCUT2D eigenvalue weighted by Crippen LogP contribution is -2.55. The zero-order valence-corrected chi connectivity index (χ0v) is 21.4. The van der Waals surface area contributed by atoms with Crippen LogP contribution in [0.15, 0.2) is 0 Å². The van der Waals surface area contributed by atoms with Gasteiger partial charge in [0.05, 0.1) is 59.3 Å². The zero-order valence-electron chi connectivity index (χ0n) is 19.6. The molecule has 31 heavy (non-hydrogen) atoms. The number of aliphatic hydroxyl groups is 2. The van der Waals surface area contributed by atoms with Crippen LogP contribution < -0.4 is 0 Å². The number of unbranched alkanes of at least 4 members (excludes halogenated alkanes) is 2. The summed E-state index contributed by atoms with van der Waals surface area (Å²) in [4.78, 5) is 20.6. The van der Waals surface area contributed by atoms with E-state index in [4.69, 9.17) is 8.98 Å². The third kappa shape index (κ3) is 16.2. The third-order valence-corrected chi connectivity index (χ3v) is 8.19. The van der Waals surface area contributed by atoms with Gasteiger partial charge in [0, 0.05) is 18.9 Å². The van der Waals surface area contributed by atoms with E-state index in [-0.39, 0.29) is 49.9 Å². The summed E-state index contributed by atoms with van der Waals surface area (Å²) in [6.45, 7) is 4.86. The second-order valence-corrected chi connectivity index (χ2v) is 13.0. The Morgan fingerprint density at radius 1 is 0.839 bits per heavy atom. The third-order valence-electron chi connectivity index (χ3n) is 5.72. The lowest BCUT2D eigenvalue weighted by atomic mass is 10.2. The highest BCUT2D eigenvalue weighted by molar-refractivity contribution is 7.85. The largest absolute Gasteiger partial charge is 0.495 e. The van der Waals surface area contributed by atoms with Crippen molar-refractivity contribution >= 4 is 18.9 Å². The van der Waals surface area contributed by atoms with E-state index in [0.29, 0.717) is 19.5 Å². The standard InChI is InChI=1S/C19H45N2O8SSi/c1-4-5-6-9-20(2,3)10-8-19-31(27,28)29-17-14-21(12-15-22,13-16-23)11-7-18-30(24,25)26/h22-23,27-28H,4-19H2,1-3H3/q+1/p+1. The van der Waals surface area contributed by atoms with Gasteiger partial charge in [-0.25, -0.2) is 0 Å². The summed E-state index contributed by atoms with van der Waals surface area (Å²) in [5, 5.41) is 18.8. The molecule has 0 aromatic rings. The number of hydrogen-bond donors (Lipinski definition) is 5. The lowest BCUT2D eigenvalue weighted by molar-refractivity contribution is -0.928. The van der Waals surface area contributed by atoms with Crippen LogP contribution in [0, 0.1) is 0 Å². The molecule has 0 rings (SSSR count). The molecule has 0 saturated heterocycles. The summed E-state index contributed by atoms with van der Waals surface area (Å²) in [7, 11) is -3.65. The number of rotatable bonds is 20. The molecule has 0 unspecified atom stereocenters. The van der Waals surface area contributed by atoms with E-state index < -0.39 is 24.7 Å². The minimum absolute atomic E-state index is 0.0276. The predicted molar refractivity (Wildman–Crippen MR) is 122 cm³/mol. The quantitative estimate of drug-likeness (QED) is 0.0675. The van der Waals surface area contributed by atoms with Gasteiger partial charge in [-0.3, -0.25) is 4.55 Å². The molecular weight excluding hydrogens is 444 g/mol. The van der Waals surface area contributed by atoms with Crippen LogP contribution in [-0.2, 0) is 14.5 Å². The van der Waals surface area contributed by atoms with Crippen molar-refractivity contribution in [2.45, 2.75) is 45.1 Å². The molecule has 0 fully saturated rings. The first kappa shape index (κ1) is 30.8. The SMILES string of the molecule is CCCCC[N+](C)(C)CCC[Si](O)(O)OCC[N+](CCO)(CCO)CCCS(=O)(=O)O. The minimum atomic E-state index is -4.09. The van der Waals surface area contributed by atoms with Gasteiger partial charge in [-0.05, 0) is 12.8 Å². The van der Waals surface area contributed by atoms with E-state index in [1.807, 2.05) is 0 Å². The van der Waals surface area contributed by atoms with Crippen LogP contribution in [0.4, 0.5) is 0 Å². The maximum absolute atomic E-state index is 11.0. The number of quaternary nitrogens is 2. The van der Waals surface area contributed by atoms with E-state index >= 15 is 0 Å². The monoisotopic (exact) mass is 490 g/mol. The molecule has 0 aliphatic carbocycles. The van der Waals surface area contributed by atoms with Crippen molar-refractivity contribution in [2.24, 2.45) is 0 Å². The lowest BCUT2D eigenvalue weighted by Gasteiger charge is -2.38. The fraction of sp³-hybridized carbons (Fsp3) is 1.00. The minimum Gasteiger partial charge on any atom is -0.391 e. The van der Waals surface area contributed by atoms with Gasteiger partial charge in [0.2, 0.25) is 0 Å². The van der Waals surface area contributed by atoms with Gasteiger partial charge in [-0.1, -0.05) is 13.3 Å². The van der Waals surface area contributed by atoms with Crippen molar-refractivity contribution in [3.63, 3.8) is 0 Å². The fourth-order valence-electron chi connectivity index (χ4n) is 3.79. The Hall–Kier alpha value is -0.153. The summed E-state index contributed by atoms with van der Waals surface area (Å²) in [6, 6.07) is 0.200. The maximum Gasteiger partial charge on any atom is 0.495 e. The summed E-state index contributed by atoms with van der Waals surface area (Å²) in [6.07, 6.45) is 4.30. The first-order valence-electron chi connectivity index (χ1n) is 11.2. The van der Waals surface area contributed by atoms with E-state index in [1.54, 1.807) is 0 Å². The molecule has 0 radical (unpaired) electrons. The first-order chi connectivity index (χ1) is 14.3. The highest BCUT2D eigenvalue weighted by Gasteiger charge is 2.35. The van der Waals surface area contributed by atoms with Gasteiger partial charge >= 0.3 is 8.80 Å². The summed E-state index contributed by atoms with van der Waals surface area (Å²) in [5.74, 6) is -0.407. The first-order valence-corrected chi connectivity index (χ1v) is 14.8. The number of nitrogens with zero attached hydrogens (tertiary/aromatic N) is 2. The molecule has 0 bridgehead atoms. The molecule has 0 heterocycles. The van der Waals surface area contributed by atoms with E-state index in [0.717, 1.165) is 24.0 Å². The topological polar surface area (TPSA) is 145 Å². The van der Waals surface area contributed by atoms with Crippen molar-refractivity contribution in [2.75, 3.05) is 78.9 Å². The molecule has 5 N–H and O–H groups in total. The second-order valence-electron chi connectivity index (χ2n) is 9.11. The Morgan fingerprint density at radius 3 is 1.94 bits per heavy atom. The maximum atomic E-state index is 11.0. The Labute approximate surface area is 189 Å². The number of aliphatic hydroxyl groups excluding tert-OH is 2. The van der Waals surface area contributed by atoms with Crippen LogP contribution in [0.2, 0.25) is 6.04 Å². The van der Waals surface area contributed by atoms with Crippen LogP contribution in [0.25, 0.3) is 0 Å². The molecule has 12 heteroatoms. The van der Waals surface area contributed by atoms with Crippen molar-refractivity contribution in [3.8, 4) is 0 Å². The van der Waals surface area contributed by atoms with Gasteiger partial charge in [-0.2, -0.15) is 8.42 Å². The van der Waals surface area contributed by atoms with Crippen LogP contribution in [-0.4, -0.2) is 129 Å². The van der Waals surface area contributed by atoms with E-state index in [9.17, 15) is 28.2 Å².